The van der Waals surface area contributed by atoms with Gasteiger partial charge >= 0.3 is 0 Å². The molecule has 4 N–H and O–H groups in total. The van der Waals surface area contributed by atoms with Crippen LogP contribution in [-0.2, 0) is 4.74 Å². The van der Waals surface area contributed by atoms with Gasteiger partial charge in [-0.05, 0) is 69.4 Å². The van der Waals surface area contributed by atoms with Crippen molar-refractivity contribution in [1.82, 2.24) is 19.4 Å². The predicted octanol–water partition coefficient (Wildman–Crippen LogP) is 4.07. The highest BCUT2D eigenvalue weighted by Gasteiger charge is 2.24. The van der Waals surface area contributed by atoms with Gasteiger partial charge in [-0.1, -0.05) is 36.4 Å². The fourth-order valence-electron chi connectivity index (χ4n) is 5.78. The van der Waals surface area contributed by atoms with Crippen LogP contribution >= 0.6 is 0 Å². The van der Waals surface area contributed by atoms with Gasteiger partial charge in [0.25, 0.3) is 5.91 Å². The number of nitrogens with two attached hydrogens (primary N) is 1. The van der Waals surface area contributed by atoms with E-state index in [0.29, 0.717) is 41.6 Å². The average Bonchev–Trinajstić information content (AvgIpc) is 2.94. The highest BCUT2D eigenvalue weighted by molar-refractivity contribution is 6.05. The second kappa shape index (κ2) is 10.2. The van der Waals surface area contributed by atoms with Crippen LogP contribution in [0.4, 0.5) is 11.5 Å². The maximum absolute atomic E-state index is 12.5. The van der Waals surface area contributed by atoms with Gasteiger partial charge in [0.15, 0.2) is 17.2 Å². The Morgan fingerprint density at radius 2 is 1.68 bits per heavy atom. The Hall–Kier alpha value is -3.82. The summed E-state index contributed by atoms with van der Waals surface area (Å²) in [4.78, 5) is 24.6. The van der Waals surface area contributed by atoms with E-state index < -0.39 is 5.91 Å². The molecule has 38 heavy (non-hydrogen) atoms. The van der Waals surface area contributed by atoms with Crippen molar-refractivity contribution in [3.63, 3.8) is 0 Å². The summed E-state index contributed by atoms with van der Waals surface area (Å²) in [7, 11) is 2.17. The molecule has 0 spiro atoms. The highest BCUT2D eigenvalue weighted by Crippen LogP contribution is 2.31. The molecule has 0 saturated carbocycles. The number of fused-ring (bicyclic) bond motifs is 3. The second-order valence-corrected chi connectivity index (χ2v) is 10.4. The summed E-state index contributed by atoms with van der Waals surface area (Å²) in [6, 6.07) is 16.0. The van der Waals surface area contributed by atoms with Gasteiger partial charge in [0, 0.05) is 35.7 Å². The molecule has 1 amide bonds. The van der Waals surface area contributed by atoms with Crippen molar-refractivity contribution in [2.75, 3.05) is 38.7 Å². The monoisotopic (exact) mass is 511 g/mol. The zero-order valence-electron chi connectivity index (χ0n) is 21.6. The number of rotatable bonds is 5. The number of nitrogens with zero attached hydrogens (tertiary/aromatic N) is 4. The lowest BCUT2D eigenvalue weighted by atomic mass is 9.89. The summed E-state index contributed by atoms with van der Waals surface area (Å²) in [5.41, 5.74) is 9.53. The van der Waals surface area contributed by atoms with Crippen LogP contribution in [0.15, 0.2) is 48.5 Å². The number of carbonyl (C=O) groups excluding carboxylic acids is 1. The Morgan fingerprint density at radius 1 is 1.00 bits per heavy atom. The highest BCUT2D eigenvalue weighted by atomic mass is 16.5. The molecule has 9 heteroatoms. The van der Waals surface area contributed by atoms with Crippen molar-refractivity contribution in [3.05, 3.63) is 65.3 Å². The Balaban J connectivity index is 1.44. The number of likely N-dealkylation sites (tertiary alicyclic amines) is 1. The van der Waals surface area contributed by atoms with Gasteiger partial charge in [0.2, 0.25) is 0 Å². The SMILES string of the molecule is CN1CCC(c2ccc(Nc3nc4c(nc3C(N)=O)c3ccccc3c(=N)n4C3CCOCC3)cc2)CC1. The van der Waals surface area contributed by atoms with Gasteiger partial charge in [-0.15, -0.1) is 0 Å². The third-order valence-electron chi connectivity index (χ3n) is 7.94. The first kappa shape index (κ1) is 24.5. The van der Waals surface area contributed by atoms with E-state index in [-0.39, 0.29) is 11.7 Å². The molecule has 0 aliphatic carbocycles. The number of carbonyl (C=O) groups is 1. The number of hydrogen-bond donors (Lipinski definition) is 3. The summed E-state index contributed by atoms with van der Waals surface area (Å²) in [6.07, 6.45) is 3.87. The lowest BCUT2D eigenvalue weighted by Crippen LogP contribution is -2.31. The summed E-state index contributed by atoms with van der Waals surface area (Å²) in [5, 5.41) is 13.9. The van der Waals surface area contributed by atoms with Crippen molar-refractivity contribution in [3.8, 4) is 0 Å². The Morgan fingerprint density at radius 3 is 2.37 bits per heavy atom. The van der Waals surface area contributed by atoms with Crippen LogP contribution in [0.25, 0.3) is 21.9 Å². The van der Waals surface area contributed by atoms with Gasteiger partial charge in [-0.25, -0.2) is 9.97 Å². The van der Waals surface area contributed by atoms with Crippen LogP contribution in [0, 0.1) is 5.41 Å². The van der Waals surface area contributed by atoms with Gasteiger partial charge in [0.05, 0.1) is 0 Å². The number of benzene rings is 2. The van der Waals surface area contributed by atoms with Gasteiger partial charge in [-0.2, -0.15) is 0 Å². The quantitative estimate of drug-likeness (QED) is 0.347. The van der Waals surface area contributed by atoms with Crippen LogP contribution in [0.2, 0.25) is 0 Å². The van der Waals surface area contributed by atoms with Crippen molar-refractivity contribution in [2.24, 2.45) is 5.73 Å². The van der Waals surface area contributed by atoms with Crippen molar-refractivity contribution in [1.29, 1.82) is 5.41 Å². The van der Waals surface area contributed by atoms with Crippen molar-refractivity contribution >= 4 is 39.3 Å². The summed E-state index contributed by atoms with van der Waals surface area (Å²) >= 11 is 0. The first-order chi connectivity index (χ1) is 18.5. The van der Waals surface area contributed by atoms with E-state index in [1.165, 1.54) is 5.56 Å². The van der Waals surface area contributed by atoms with Crippen molar-refractivity contribution in [2.45, 2.75) is 37.6 Å². The number of primary amides is 1. The topological polar surface area (TPSA) is 122 Å². The number of hydrogen-bond acceptors (Lipinski definition) is 7. The molecule has 0 bridgehead atoms. The van der Waals surface area contributed by atoms with Crippen LogP contribution < -0.4 is 16.5 Å². The molecule has 2 aromatic heterocycles. The van der Waals surface area contributed by atoms with Crippen LogP contribution in [-0.4, -0.2) is 58.7 Å². The molecule has 6 rings (SSSR count). The standard InChI is InChI=1S/C29H33N7O2/c1-35-14-10-19(11-15-35)18-6-8-20(9-7-18)32-28-25(27(31)37)33-24-22-4-2-3-5-23(22)26(30)36(29(24)34-28)21-12-16-38-17-13-21/h2-9,19,21,30H,10-17H2,1H3,(H2,31,37)(H,32,34). The smallest absolute Gasteiger partial charge is 0.271 e. The molecule has 2 saturated heterocycles. The average molecular weight is 512 g/mol. The minimum atomic E-state index is -0.651. The Bertz CT molecular complexity index is 1550. The molecule has 0 atom stereocenters. The number of piperidine rings is 1. The van der Waals surface area contributed by atoms with Gasteiger partial charge in [0.1, 0.15) is 11.0 Å². The third kappa shape index (κ3) is 4.52. The molecular weight excluding hydrogens is 478 g/mol. The maximum Gasteiger partial charge on any atom is 0.271 e. The number of pyridine rings is 1. The Labute approximate surface area is 221 Å². The number of aromatic nitrogens is 3. The predicted molar refractivity (Wildman–Crippen MR) is 148 cm³/mol. The molecule has 2 aliphatic rings. The van der Waals surface area contributed by atoms with E-state index in [1.807, 2.05) is 41.0 Å². The summed E-state index contributed by atoms with van der Waals surface area (Å²) in [5.74, 6) is 0.207. The van der Waals surface area contributed by atoms with Crippen LogP contribution in [0.1, 0.15) is 53.7 Å². The molecule has 2 fully saturated rings. The minimum absolute atomic E-state index is 0.0544. The van der Waals surface area contributed by atoms with E-state index in [0.717, 1.165) is 55.2 Å². The minimum Gasteiger partial charge on any atom is -0.381 e. The molecule has 196 valence electrons. The first-order valence-corrected chi connectivity index (χ1v) is 13.3. The van der Waals surface area contributed by atoms with Crippen LogP contribution in [0.5, 0.6) is 0 Å². The molecule has 0 radical (unpaired) electrons. The maximum atomic E-state index is 12.5. The normalized spacial score (nSPS) is 17.7. The molecular formula is C29H33N7O2. The molecule has 0 unspecified atom stereocenters. The van der Waals surface area contributed by atoms with Crippen LogP contribution in [0.3, 0.4) is 0 Å². The molecule has 4 heterocycles. The number of ether oxygens (including phenoxy) is 1. The molecule has 2 aromatic carbocycles. The van der Waals surface area contributed by atoms with Gasteiger partial charge in [-0.3, -0.25) is 10.2 Å². The van der Waals surface area contributed by atoms with E-state index in [1.54, 1.807) is 0 Å². The fourth-order valence-corrected chi connectivity index (χ4v) is 5.78. The zero-order valence-corrected chi connectivity index (χ0v) is 21.6. The van der Waals surface area contributed by atoms with E-state index in [9.17, 15) is 4.79 Å². The largest absolute Gasteiger partial charge is 0.381 e. The number of anilines is 2. The summed E-state index contributed by atoms with van der Waals surface area (Å²) < 4.78 is 7.54. The Kier molecular flexibility index (Phi) is 6.55. The second-order valence-electron chi connectivity index (χ2n) is 10.4. The summed E-state index contributed by atoms with van der Waals surface area (Å²) in [6.45, 7) is 3.48. The van der Waals surface area contributed by atoms with E-state index >= 15 is 0 Å². The molecule has 9 nitrogen and oxygen atoms in total. The number of nitrogens with one attached hydrogen (secondary N) is 2. The first-order valence-electron chi connectivity index (χ1n) is 13.3. The van der Waals surface area contributed by atoms with E-state index in [2.05, 4.69) is 29.4 Å². The van der Waals surface area contributed by atoms with Gasteiger partial charge < -0.3 is 25.3 Å². The third-order valence-corrected chi connectivity index (χ3v) is 7.94. The molecule has 2 aliphatic heterocycles. The van der Waals surface area contributed by atoms with E-state index in [4.69, 9.17) is 25.8 Å². The fraction of sp³-hybridized carbons (Fsp3) is 0.379. The number of amides is 1. The zero-order chi connectivity index (χ0) is 26.2. The van der Waals surface area contributed by atoms with Crippen molar-refractivity contribution < 1.29 is 9.53 Å². The lowest BCUT2D eigenvalue weighted by Gasteiger charge is -2.29. The lowest BCUT2D eigenvalue weighted by molar-refractivity contribution is 0.0695. The molecule has 4 aromatic rings.